The van der Waals surface area contributed by atoms with Crippen LogP contribution in [0, 0.1) is 35.5 Å². The quantitative estimate of drug-likeness (QED) is 0.385. The molecule has 0 amide bonds. The molecule has 0 aliphatic heterocycles. The summed E-state index contributed by atoms with van der Waals surface area (Å²) in [6.07, 6.45) is 1.80. The van der Waals surface area contributed by atoms with Gasteiger partial charge in [-0.3, -0.25) is 0 Å². The molecule has 2 rings (SSSR count). The van der Waals surface area contributed by atoms with Crippen LogP contribution in [-0.4, -0.2) is 10.1 Å². The van der Waals surface area contributed by atoms with Crippen molar-refractivity contribution in [1.82, 2.24) is 0 Å². The lowest BCUT2D eigenvalue weighted by atomic mass is 10.1. The number of allylic oxidation sites excluding steroid dienone is 1. The van der Waals surface area contributed by atoms with Gasteiger partial charge in [0.25, 0.3) is 0 Å². The predicted octanol–water partition coefficient (Wildman–Crippen LogP) is 3.35. The van der Waals surface area contributed by atoms with E-state index < -0.39 is 0 Å². The number of nitriles is 2. The Morgan fingerprint density at radius 1 is 1.40 bits per heavy atom. The van der Waals surface area contributed by atoms with Crippen molar-refractivity contribution in [3.05, 3.63) is 40.7 Å². The van der Waals surface area contributed by atoms with Gasteiger partial charge in [0.05, 0.1) is 11.6 Å². The van der Waals surface area contributed by atoms with Crippen molar-refractivity contribution in [3.63, 3.8) is 0 Å². The van der Waals surface area contributed by atoms with Gasteiger partial charge in [-0.2, -0.15) is 10.5 Å². The molecule has 0 heterocycles. The van der Waals surface area contributed by atoms with Crippen LogP contribution in [-0.2, 0) is 0 Å². The second kappa shape index (κ2) is 5.73. The number of hydrogen-bond donors (Lipinski definition) is 2. The number of anilines is 1. The molecule has 1 aliphatic carbocycles. The fourth-order valence-corrected chi connectivity index (χ4v) is 2.11. The maximum Gasteiger partial charge on any atom is 0.125 e. The van der Waals surface area contributed by atoms with Crippen LogP contribution >= 0.6 is 12.2 Å². The van der Waals surface area contributed by atoms with Crippen molar-refractivity contribution >= 4 is 22.9 Å². The molecule has 20 heavy (non-hydrogen) atoms. The molecular formula is C15H13N3OS. The van der Waals surface area contributed by atoms with Gasteiger partial charge >= 0.3 is 0 Å². The monoisotopic (exact) mass is 283 g/mol. The van der Waals surface area contributed by atoms with Gasteiger partial charge in [0.15, 0.2) is 0 Å². The Morgan fingerprint density at radius 2 is 2.10 bits per heavy atom. The van der Waals surface area contributed by atoms with E-state index in [2.05, 4.69) is 11.4 Å². The Morgan fingerprint density at radius 3 is 2.60 bits per heavy atom. The largest absolute Gasteiger partial charge is 0.511 e. The topological polar surface area (TPSA) is 79.8 Å². The molecule has 1 aromatic rings. The van der Waals surface area contributed by atoms with Gasteiger partial charge in [0.2, 0.25) is 0 Å². The summed E-state index contributed by atoms with van der Waals surface area (Å²) in [4.78, 5) is 0.209. The number of aliphatic hydroxyl groups is 1. The minimum atomic E-state index is 0.0760. The highest BCUT2D eigenvalue weighted by Gasteiger charge is 2.29. The smallest absolute Gasteiger partial charge is 0.125 e. The van der Waals surface area contributed by atoms with Crippen molar-refractivity contribution < 1.29 is 5.11 Å². The Hall–Kier alpha value is -2.37. The lowest BCUT2D eigenvalue weighted by molar-refractivity contribution is 0.377. The standard InChI is InChI=1S/C15H13N3OS/c1-9-6-12(5-4-11(9)7-16)18-15(20)13(8-17)14(19)10-2-3-10/h4-6,10,19H,2-3H2,1H3,(H,18,20). The van der Waals surface area contributed by atoms with Gasteiger partial charge in [-0.1, -0.05) is 12.2 Å². The molecule has 0 radical (unpaired) electrons. The third kappa shape index (κ3) is 2.96. The van der Waals surface area contributed by atoms with Gasteiger partial charge < -0.3 is 10.4 Å². The third-order valence-corrected chi connectivity index (χ3v) is 3.47. The molecule has 0 saturated heterocycles. The molecule has 1 aliphatic rings. The van der Waals surface area contributed by atoms with Crippen LogP contribution in [0.2, 0.25) is 0 Å². The van der Waals surface area contributed by atoms with Crippen molar-refractivity contribution in [1.29, 1.82) is 10.5 Å². The average Bonchev–Trinajstić information content (AvgIpc) is 3.24. The molecule has 100 valence electrons. The number of aryl methyl sites for hydroxylation is 1. The van der Waals surface area contributed by atoms with E-state index in [4.69, 9.17) is 22.7 Å². The van der Waals surface area contributed by atoms with Crippen LogP contribution in [0.15, 0.2) is 29.5 Å². The maximum atomic E-state index is 9.92. The van der Waals surface area contributed by atoms with Crippen LogP contribution in [0.5, 0.6) is 0 Å². The molecule has 0 spiro atoms. The summed E-state index contributed by atoms with van der Waals surface area (Å²) in [5, 5.41) is 30.8. The van der Waals surface area contributed by atoms with Gasteiger partial charge in [-0.05, 0) is 43.5 Å². The number of hydrogen-bond acceptors (Lipinski definition) is 4. The lowest BCUT2D eigenvalue weighted by Gasteiger charge is -2.09. The minimum Gasteiger partial charge on any atom is -0.511 e. The zero-order valence-corrected chi connectivity index (χ0v) is 11.8. The van der Waals surface area contributed by atoms with Crippen molar-refractivity contribution in [3.8, 4) is 12.1 Å². The molecule has 2 N–H and O–H groups in total. The van der Waals surface area contributed by atoms with Crippen molar-refractivity contribution in [2.24, 2.45) is 5.92 Å². The normalized spacial score (nSPS) is 14.8. The van der Waals surface area contributed by atoms with Crippen molar-refractivity contribution in [2.45, 2.75) is 19.8 Å². The molecule has 1 aromatic carbocycles. The molecule has 1 fully saturated rings. The van der Waals surface area contributed by atoms with Gasteiger partial charge in [-0.25, -0.2) is 0 Å². The summed E-state index contributed by atoms with van der Waals surface area (Å²) >= 11 is 5.17. The first-order valence-electron chi connectivity index (χ1n) is 6.22. The molecule has 0 atom stereocenters. The number of thiocarbonyl (C=S) groups is 1. The lowest BCUT2D eigenvalue weighted by Crippen LogP contribution is -2.14. The van der Waals surface area contributed by atoms with Crippen LogP contribution in [0.3, 0.4) is 0 Å². The highest BCUT2D eigenvalue weighted by molar-refractivity contribution is 7.81. The van der Waals surface area contributed by atoms with Gasteiger partial charge in [0, 0.05) is 11.6 Å². The summed E-state index contributed by atoms with van der Waals surface area (Å²) in [5.41, 5.74) is 2.25. The first-order valence-corrected chi connectivity index (χ1v) is 6.63. The Balaban J connectivity index is 2.20. The molecule has 5 heteroatoms. The minimum absolute atomic E-state index is 0.0760. The van der Waals surface area contributed by atoms with Gasteiger partial charge in [0.1, 0.15) is 22.4 Å². The van der Waals surface area contributed by atoms with E-state index in [9.17, 15) is 5.11 Å². The first kappa shape index (κ1) is 14.0. The highest BCUT2D eigenvalue weighted by Crippen LogP contribution is 2.36. The number of benzene rings is 1. The molecule has 4 nitrogen and oxygen atoms in total. The van der Waals surface area contributed by atoms with E-state index in [0.29, 0.717) is 11.3 Å². The Kier molecular flexibility index (Phi) is 4.02. The molecule has 0 bridgehead atoms. The average molecular weight is 283 g/mol. The fraction of sp³-hybridized carbons (Fsp3) is 0.267. The highest BCUT2D eigenvalue weighted by atomic mass is 32.1. The number of nitrogens with one attached hydrogen (secondary N) is 1. The van der Waals surface area contributed by atoms with Crippen LogP contribution in [0.1, 0.15) is 24.0 Å². The maximum absolute atomic E-state index is 9.92. The predicted molar refractivity (Wildman–Crippen MR) is 80.1 cm³/mol. The van der Waals surface area contributed by atoms with E-state index in [1.54, 1.807) is 18.2 Å². The molecular weight excluding hydrogens is 270 g/mol. The zero-order valence-electron chi connectivity index (χ0n) is 11.0. The summed E-state index contributed by atoms with van der Waals surface area (Å²) in [6, 6.07) is 9.24. The SMILES string of the molecule is Cc1cc(NC(=S)C(C#N)=C(O)C2CC2)ccc1C#N. The Bertz CT molecular complexity index is 675. The summed E-state index contributed by atoms with van der Waals surface area (Å²) in [6.45, 7) is 1.83. The van der Waals surface area contributed by atoms with Crippen molar-refractivity contribution in [2.75, 3.05) is 5.32 Å². The van der Waals surface area contributed by atoms with Crippen LogP contribution in [0.25, 0.3) is 0 Å². The van der Waals surface area contributed by atoms with E-state index in [1.165, 1.54) is 0 Å². The first-order chi connectivity index (χ1) is 9.56. The number of nitrogens with zero attached hydrogens (tertiary/aromatic N) is 2. The van der Waals surface area contributed by atoms with E-state index >= 15 is 0 Å². The summed E-state index contributed by atoms with van der Waals surface area (Å²) in [7, 11) is 0. The fourth-order valence-electron chi connectivity index (χ4n) is 1.85. The number of rotatable bonds is 3. The molecule has 1 saturated carbocycles. The zero-order chi connectivity index (χ0) is 14.7. The van der Waals surface area contributed by atoms with E-state index in [0.717, 1.165) is 18.4 Å². The van der Waals surface area contributed by atoms with E-state index in [-0.39, 0.29) is 22.2 Å². The second-order valence-corrected chi connectivity index (χ2v) is 5.15. The second-order valence-electron chi connectivity index (χ2n) is 4.74. The third-order valence-electron chi connectivity index (χ3n) is 3.16. The summed E-state index contributed by atoms with van der Waals surface area (Å²) in [5.74, 6) is 0.155. The number of aliphatic hydroxyl groups excluding tert-OH is 1. The van der Waals surface area contributed by atoms with Crippen LogP contribution in [0.4, 0.5) is 5.69 Å². The molecule has 0 unspecified atom stereocenters. The molecule has 0 aromatic heterocycles. The van der Waals surface area contributed by atoms with Crippen LogP contribution < -0.4 is 5.32 Å². The van der Waals surface area contributed by atoms with E-state index in [1.807, 2.05) is 13.0 Å². The summed E-state index contributed by atoms with van der Waals surface area (Å²) < 4.78 is 0. The van der Waals surface area contributed by atoms with Gasteiger partial charge in [-0.15, -0.1) is 0 Å². The Labute approximate surface area is 123 Å².